The third-order valence-electron chi connectivity index (χ3n) is 4.79. The molecule has 1 aromatic heterocycles. The number of nitrogens with zero attached hydrogens (tertiary/aromatic N) is 4. The molecule has 0 spiro atoms. The fourth-order valence-electron chi connectivity index (χ4n) is 3.35. The Hall–Kier alpha value is -3.41. The number of rotatable bonds is 4. The molecule has 142 valence electrons. The number of carbonyl (C=O) groups is 1. The Labute approximate surface area is 164 Å². The number of nitrogens with one attached hydrogen (secondary N) is 1. The molecule has 1 aliphatic heterocycles. The lowest BCUT2D eigenvalue weighted by molar-refractivity contribution is 0.0740. The zero-order valence-electron chi connectivity index (χ0n) is 15.9. The molecule has 2 heterocycles. The lowest BCUT2D eigenvalue weighted by Crippen LogP contribution is -2.49. The van der Waals surface area contributed by atoms with Crippen molar-refractivity contribution in [2.45, 2.75) is 6.92 Å². The Morgan fingerprint density at radius 1 is 0.893 bits per heavy atom. The van der Waals surface area contributed by atoms with Gasteiger partial charge in [0.1, 0.15) is 5.69 Å². The maximum absolute atomic E-state index is 13.0. The summed E-state index contributed by atoms with van der Waals surface area (Å²) in [6.07, 6.45) is 0. The Balaban J connectivity index is 1.45. The number of aryl methyl sites for hydroxylation is 1. The lowest BCUT2D eigenvalue weighted by Gasteiger charge is -2.36. The van der Waals surface area contributed by atoms with Crippen LogP contribution in [0.2, 0.25) is 0 Å². The first-order valence-corrected chi connectivity index (χ1v) is 9.46. The van der Waals surface area contributed by atoms with E-state index in [1.54, 1.807) is 6.07 Å². The molecule has 0 unspecified atom stereocenters. The summed E-state index contributed by atoms with van der Waals surface area (Å²) in [7, 11) is 0. The summed E-state index contributed by atoms with van der Waals surface area (Å²) in [4.78, 5) is 26.0. The molecule has 1 amide bonds. The highest BCUT2D eigenvalue weighted by Gasteiger charge is 2.23. The standard InChI is InChI=1S/C22H23N5O/c1-17-16-20(25-22(23-17)24-18-8-4-2-5-9-18)21(28)27-14-12-26(13-15-27)19-10-6-3-7-11-19/h2-11,16H,12-15H2,1H3,(H,23,24,25). The molecule has 0 saturated carbocycles. The van der Waals surface area contributed by atoms with Crippen LogP contribution in [0.3, 0.4) is 0 Å². The third-order valence-corrected chi connectivity index (χ3v) is 4.79. The van der Waals surface area contributed by atoms with Gasteiger partial charge in [-0.05, 0) is 37.3 Å². The van der Waals surface area contributed by atoms with Crippen molar-refractivity contribution in [3.8, 4) is 0 Å². The molecule has 1 aliphatic rings. The number of hydrogen-bond acceptors (Lipinski definition) is 5. The molecular weight excluding hydrogens is 350 g/mol. The van der Waals surface area contributed by atoms with Gasteiger partial charge in [-0.25, -0.2) is 9.97 Å². The van der Waals surface area contributed by atoms with Crippen LogP contribution >= 0.6 is 0 Å². The molecule has 0 atom stereocenters. The van der Waals surface area contributed by atoms with Crippen LogP contribution < -0.4 is 10.2 Å². The number of hydrogen-bond donors (Lipinski definition) is 1. The summed E-state index contributed by atoms with van der Waals surface area (Å²) in [5, 5.41) is 3.17. The van der Waals surface area contributed by atoms with E-state index in [-0.39, 0.29) is 5.91 Å². The molecule has 1 saturated heterocycles. The van der Waals surface area contributed by atoms with Crippen molar-refractivity contribution in [3.63, 3.8) is 0 Å². The van der Waals surface area contributed by atoms with E-state index in [4.69, 9.17) is 0 Å². The van der Waals surface area contributed by atoms with Crippen molar-refractivity contribution in [2.24, 2.45) is 0 Å². The first kappa shape index (κ1) is 18.0. The van der Waals surface area contributed by atoms with Crippen LogP contribution in [0.5, 0.6) is 0 Å². The molecular formula is C22H23N5O. The summed E-state index contributed by atoms with van der Waals surface area (Å²) in [6.45, 7) is 4.86. The van der Waals surface area contributed by atoms with Crippen molar-refractivity contribution in [1.82, 2.24) is 14.9 Å². The third kappa shape index (κ3) is 4.11. The first-order valence-electron chi connectivity index (χ1n) is 9.46. The molecule has 3 aromatic rings. The van der Waals surface area contributed by atoms with Gasteiger partial charge in [0.05, 0.1) is 0 Å². The van der Waals surface area contributed by atoms with Crippen LogP contribution in [0.15, 0.2) is 66.7 Å². The van der Waals surface area contributed by atoms with Gasteiger partial charge >= 0.3 is 0 Å². The van der Waals surface area contributed by atoms with Crippen LogP contribution in [-0.4, -0.2) is 47.0 Å². The van der Waals surface area contributed by atoms with E-state index in [0.29, 0.717) is 24.7 Å². The van der Waals surface area contributed by atoms with Crippen LogP contribution in [0.4, 0.5) is 17.3 Å². The van der Waals surface area contributed by atoms with E-state index in [2.05, 4.69) is 32.3 Å². The van der Waals surface area contributed by atoms with Crippen molar-refractivity contribution >= 4 is 23.2 Å². The number of para-hydroxylation sites is 2. The average molecular weight is 373 g/mol. The number of piperazine rings is 1. The van der Waals surface area contributed by atoms with Gasteiger partial charge in [-0.2, -0.15) is 0 Å². The molecule has 1 N–H and O–H groups in total. The van der Waals surface area contributed by atoms with Gasteiger partial charge in [0.15, 0.2) is 0 Å². The van der Waals surface area contributed by atoms with Crippen molar-refractivity contribution in [2.75, 3.05) is 36.4 Å². The van der Waals surface area contributed by atoms with E-state index in [1.165, 1.54) is 5.69 Å². The first-order chi connectivity index (χ1) is 13.7. The van der Waals surface area contributed by atoms with E-state index >= 15 is 0 Å². The Morgan fingerprint density at radius 2 is 1.54 bits per heavy atom. The molecule has 0 radical (unpaired) electrons. The summed E-state index contributed by atoms with van der Waals surface area (Å²) in [5.41, 5.74) is 3.28. The summed E-state index contributed by atoms with van der Waals surface area (Å²) >= 11 is 0. The number of carbonyl (C=O) groups excluding carboxylic acids is 1. The van der Waals surface area contributed by atoms with E-state index in [1.807, 2.05) is 60.4 Å². The maximum Gasteiger partial charge on any atom is 0.272 e. The highest BCUT2D eigenvalue weighted by Crippen LogP contribution is 2.18. The SMILES string of the molecule is Cc1cc(C(=O)N2CCN(c3ccccc3)CC2)nc(Nc2ccccc2)n1. The highest BCUT2D eigenvalue weighted by atomic mass is 16.2. The highest BCUT2D eigenvalue weighted by molar-refractivity contribution is 5.93. The summed E-state index contributed by atoms with van der Waals surface area (Å²) in [5.74, 6) is 0.395. The van der Waals surface area contributed by atoms with Gasteiger partial charge < -0.3 is 15.1 Å². The number of aromatic nitrogens is 2. The van der Waals surface area contributed by atoms with Gasteiger partial charge in [-0.3, -0.25) is 4.79 Å². The van der Waals surface area contributed by atoms with Crippen molar-refractivity contribution in [3.05, 3.63) is 78.1 Å². The van der Waals surface area contributed by atoms with Gasteiger partial charge in [-0.1, -0.05) is 36.4 Å². The molecule has 0 aliphatic carbocycles. The zero-order chi connectivity index (χ0) is 19.3. The molecule has 2 aromatic carbocycles. The largest absolute Gasteiger partial charge is 0.368 e. The topological polar surface area (TPSA) is 61.4 Å². The second-order valence-electron chi connectivity index (χ2n) is 6.82. The fourth-order valence-corrected chi connectivity index (χ4v) is 3.35. The Kier molecular flexibility index (Phi) is 5.19. The van der Waals surface area contributed by atoms with Crippen LogP contribution in [0, 0.1) is 6.92 Å². The molecule has 6 heteroatoms. The summed E-state index contributed by atoms with van der Waals surface area (Å²) < 4.78 is 0. The van der Waals surface area contributed by atoms with Crippen molar-refractivity contribution < 1.29 is 4.79 Å². The van der Waals surface area contributed by atoms with Gasteiger partial charge in [-0.15, -0.1) is 0 Å². The minimum Gasteiger partial charge on any atom is -0.368 e. The Bertz CT molecular complexity index is 938. The fraction of sp³-hybridized carbons (Fsp3) is 0.227. The second-order valence-corrected chi connectivity index (χ2v) is 6.82. The monoisotopic (exact) mass is 373 g/mol. The molecule has 1 fully saturated rings. The average Bonchev–Trinajstić information content (AvgIpc) is 2.74. The molecule has 4 rings (SSSR count). The van der Waals surface area contributed by atoms with Gasteiger partial charge in [0.25, 0.3) is 5.91 Å². The quantitative estimate of drug-likeness (QED) is 0.759. The summed E-state index contributed by atoms with van der Waals surface area (Å²) in [6, 6.07) is 21.8. The predicted octanol–water partition coefficient (Wildman–Crippen LogP) is 3.49. The smallest absolute Gasteiger partial charge is 0.272 e. The number of amides is 1. The van der Waals surface area contributed by atoms with Gasteiger partial charge in [0.2, 0.25) is 5.95 Å². The van der Waals surface area contributed by atoms with E-state index < -0.39 is 0 Å². The zero-order valence-corrected chi connectivity index (χ0v) is 15.9. The van der Waals surface area contributed by atoms with Crippen LogP contribution in [-0.2, 0) is 0 Å². The maximum atomic E-state index is 13.0. The normalized spacial score (nSPS) is 14.0. The minimum absolute atomic E-state index is 0.0469. The number of anilines is 3. The second kappa shape index (κ2) is 8.08. The lowest BCUT2D eigenvalue weighted by atomic mass is 10.2. The van der Waals surface area contributed by atoms with Crippen molar-refractivity contribution in [1.29, 1.82) is 0 Å². The van der Waals surface area contributed by atoms with E-state index in [9.17, 15) is 4.79 Å². The molecule has 28 heavy (non-hydrogen) atoms. The van der Waals surface area contributed by atoms with Crippen LogP contribution in [0.1, 0.15) is 16.2 Å². The van der Waals surface area contributed by atoms with E-state index in [0.717, 1.165) is 24.5 Å². The Morgan fingerprint density at radius 3 is 2.21 bits per heavy atom. The predicted molar refractivity (Wildman–Crippen MR) is 111 cm³/mol. The van der Waals surface area contributed by atoms with Gasteiger partial charge in [0, 0.05) is 43.2 Å². The van der Waals surface area contributed by atoms with Crippen LogP contribution in [0.25, 0.3) is 0 Å². The molecule has 6 nitrogen and oxygen atoms in total. The minimum atomic E-state index is -0.0469. The number of benzene rings is 2. The molecule has 0 bridgehead atoms.